The van der Waals surface area contributed by atoms with Crippen molar-refractivity contribution in [2.24, 2.45) is 0 Å². The first-order valence-corrected chi connectivity index (χ1v) is 11.2. The summed E-state index contributed by atoms with van der Waals surface area (Å²) < 4.78 is 11.9. The molecular formula is C25H29N3O4. The maximum atomic E-state index is 13.4. The molecule has 3 heterocycles. The van der Waals surface area contributed by atoms with Crippen LogP contribution in [0.4, 0.5) is 5.69 Å². The molecule has 2 fully saturated rings. The number of likely N-dealkylation sites (tertiary alicyclic amines) is 1. The SMILES string of the molecule is CC(C)(Oc1ccc(N2CCNCC2)cc1)C(=O)N1CC[C@@]2(C1)OC(=O)c1ccccc12. The van der Waals surface area contributed by atoms with Gasteiger partial charge in [0, 0.05) is 50.4 Å². The second kappa shape index (κ2) is 7.81. The third kappa shape index (κ3) is 3.60. The fourth-order valence-corrected chi connectivity index (χ4v) is 4.97. The zero-order valence-corrected chi connectivity index (χ0v) is 18.6. The number of nitrogens with zero attached hydrogens (tertiary/aromatic N) is 2. The smallest absolute Gasteiger partial charge is 0.339 e. The number of hydrogen-bond donors (Lipinski definition) is 1. The van der Waals surface area contributed by atoms with E-state index in [1.165, 1.54) is 0 Å². The van der Waals surface area contributed by atoms with E-state index in [1.54, 1.807) is 24.8 Å². The van der Waals surface area contributed by atoms with E-state index in [1.807, 2.05) is 42.5 Å². The number of carbonyl (C=O) groups is 2. The molecular weight excluding hydrogens is 406 g/mol. The number of nitrogens with one attached hydrogen (secondary N) is 1. The predicted molar refractivity (Wildman–Crippen MR) is 121 cm³/mol. The Morgan fingerprint density at radius 2 is 1.78 bits per heavy atom. The minimum Gasteiger partial charge on any atom is -0.478 e. The van der Waals surface area contributed by atoms with Gasteiger partial charge in [0.1, 0.15) is 5.75 Å². The van der Waals surface area contributed by atoms with Crippen LogP contribution in [-0.2, 0) is 15.1 Å². The van der Waals surface area contributed by atoms with Gasteiger partial charge in [-0.2, -0.15) is 0 Å². The summed E-state index contributed by atoms with van der Waals surface area (Å²) in [5, 5.41) is 3.36. The van der Waals surface area contributed by atoms with Gasteiger partial charge in [-0.3, -0.25) is 4.79 Å². The molecule has 0 aromatic heterocycles. The third-order valence-corrected chi connectivity index (χ3v) is 6.65. The number of benzene rings is 2. The van der Waals surface area contributed by atoms with E-state index in [0.29, 0.717) is 30.8 Å². The highest BCUT2D eigenvalue weighted by atomic mass is 16.6. The van der Waals surface area contributed by atoms with Crippen molar-refractivity contribution in [1.29, 1.82) is 0 Å². The zero-order chi connectivity index (χ0) is 22.3. The van der Waals surface area contributed by atoms with Crippen LogP contribution in [0.3, 0.4) is 0 Å². The molecule has 2 aromatic rings. The summed E-state index contributed by atoms with van der Waals surface area (Å²) in [6, 6.07) is 15.4. The lowest BCUT2D eigenvalue weighted by Gasteiger charge is -2.32. The standard InChI is InChI=1S/C25H29N3O4/c1-24(2,31-19-9-7-18(8-10-19)27-15-12-26-13-16-27)23(30)28-14-11-25(17-28)21-6-4-3-5-20(21)22(29)32-25/h3-10,26H,11-17H2,1-2H3/t25-/m0/s1. The second-order valence-electron chi connectivity index (χ2n) is 9.25. The van der Waals surface area contributed by atoms with Crippen LogP contribution < -0.4 is 15.0 Å². The van der Waals surface area contributed by atoms with E-state index in [-0.39, 0.29) is 11.9 Å². The van der Waals surface area contributed by atoms with Crippen LogP contribution in [-0.4, -0.2) is 61.6 Å². The molecule has 7 nitrogen and oxygen atoms in total. The Balaban J connectivity index is 1.27. The maximum Gasteiger partial charge on any atom is 0.339 e. The molecule has 0 bridgehead atoms. The highest BCUT2D eigenvalue weighted by Crippen LogP contribution is 2.43. The molecule has 1 N–H and O–H groups in total. The maximum absolute atomic E-state index is 13.4. The van der Waals surface area contributed by atoms with Crippen molar-refractivity contribution in [2.45, 2.75) is 31.5 Å². The van der Waals surface area contributed by atoms with Gasteiger partial charge in [0.15, 0.2) is 11.2 Å². The Kier molecular flexibility index (Phi) is 5.08. The Hall–Kier alpha value is -3.06. The van der Waals surface area contributed by atoms with E-state index in [0.717, 1.165) is 37.4 Å². The first-order chi connectivity index (χ1) is 15.4. The Morgan fingerprint density at radius 1 is 1.06 bits per heavy atom. The fourth-order valence-electron chi connectivity index (χ4n) is 4.97. The lowest BCUT2D eigenvalue weighted by atomic mass is 9.91. The summed E-state index contributed by atoms with van der Waals surface area (Å²) in [7, 11) is 0. The lowest BCUT2D eigenvalue weighted by Crippen LogP contribution is -2.49. The van der Waals surface area contributed by atoms with Crippen LogP contribution in [0.1, 0.15) is 36.2 Å². The van der Waals surface area contributed by atoms with Gasteiger partial charge in [-0.15, -0.1) is 0 Å². The number of esters is 1. The van der Waals surface area contributed by atoms with Crippen molar-refractivity contribution >= 4 is 17.6 Å². The van der Waals surface area contributed by atoms with Crippen LogP contribution >= 0.6 is 0 Å². The van der Waals surface area contributed by atoms with Crippen LogP contribution in [0.15, 0.2) is 48.5 Å². The van der Waals surface area contributed by atoms with Gasteiger partial charge >= 0.3 is 5.97 Å². The van der Waals surface area contributed by atoms with Gasteiger partial charge in [-0.25, -0.2) is 4.79 Å². The first kappa shape index (κ1) is 20.8. The van der Waals surface area contributed by atoms with Crippen LogP contribution in [0.25, 0.3) is 0 Å². The average molecular weight is 436 g/mol. The van der Waals surface area contributed by atoms with Crippen LogP contribution in [0, 0.1) is 0 Å². The largest absolute Gasteiger partial charge is 0.478 e. The summed E-state index contributed by atoms with van der Waals surface area (Å²) >= 11 is 0. The predicted octanol–water partition coefficient (Wildman–Crippen LogP) is 2.55. The van der Waals surface area contributed by atoms with Crippen molar-refractivity contribution in [3.8, 4) is 5.75 Å². The highest BCUT2D eigenvalue weighted by molar-refractivity contribution is 5.95. The first-order valence-electron chi connectivity index (χ1n) is 11.2. The van der Waals surface area contributed by atoms with Gasteiger partial charge < -0.3 is 24.6 Å². The average Bonchev–Trinajstić information content (AvgIpc) is 3.35. The Morgan fingerprint density at radius 3 is 2.53 bits per heavy atom. The summed E-state index contributed by atoms with van der Waals surface area (Å²) in [6.45, 7) is 8.38. The monoisotopic (exact) mass is 435 g/mol. The number of ether oxygens (including phenoxy) is 2. The minimum absolute atomic E-state index is 0.110. The molecule has 0 saturated carbocycles. The minimum atomic E-state index is -1.04. The summed E-state index contributed by atoms with van der Waals surface area (Å²) in [6.07, 6.45) is 0.594. The van der Waals surface area contributed by atoms with Crippen LogP contribution in [0.5, 0.6) is 5.75 Å². The fraction of sp³-hybridized carbons (Fsp3) is 0.440. The van der Waals surface area contributed by atoms with Gasteiger partial charge in [-0.1, -0.05) is 18.2 Å². The molecule has 5 rings (SSSR count). The van der Waals surface area contributed by atoms with Crippen molar-refractivity contribution in [2.75, 3.05) is 44.2 Å². The van der Waals surface area contributed by atoms with Gasteiger partial charge in [0.05, 0.1) is 12.1 Å². The highest BCUT2D eigenvalue weighted by Gasteiger charge is 2.52. The number of rotatable bonds is 4. The lowest BCUT2D eigenvalue weighted by molar-refractivity contribution is -0.145. The molecule has 7 heteroatoms. The molecule has 32 heavy (non-hydrogen) atoms. The van der Waals surface area contributed by atoms with Gasteiger partial charge in [-0.05, 0) is 44.2 Å². The normalized spacial score (nSPS) is 22.8. The van der Waals surface area contributed by atoms with Crippen LogP contribution in [0.2, 0.25) is 0 Å². The van der Waals surface area contributed by atoms with Crippen molar-refractivity contribution in [3.05, 3.63) is 59.7 Å². The van der Waals surface area contributed by atoms with Crippen molar-refractivity contribution in [3.63, 3.8) is 0 Å². The topological polar surface area (TPSA) is 71.1 Å². The van der Waals surface area contributed by atoms with E-state index in [9.17, 15) is 9.59 Å². The Bertz CT molecular complexity index is 1030. The molecule has 0 aliphatic carbocycles. The van der Waals surface area contributed by atoms with E-state index in [4.69, 9.17) is 9.47 Å². The van der Waals surface area contributed by atoms with E-state index < -0.39 is 11.2 Å². The Labute approximate surface area is 188 Å². The number of carbonyl (C=O) groups excluding carboxylic acids is 2. The van der Waals surface area contributed by atoms with Gasteiger partial charge in [0.25, 0.3) is 5.91 Å². The third-order valence-electron chi connectivity index (χ3n) is 6.65. The van der Waals surface area contributed by atoms with Crippen molar-refractivity contribution < 1.29 is 19.1 Å². The molecule has 3 aliphatic heterocycles. The number of hydrogen-bond acceptors (Lipinski definition) is 6. The van der Waals surface area contributed by atoms with E-state index in [2.05, 4.69) is 10.2 Å². The number of anilines is 1. The molecule has 1 spiro atoms. The molecule has 2 aromatic carbocycles. The summed E-state index contributed by atoms with van der Waals surface area (Å²) in [5.74, 6) is 0.241. The molecule has 1 atom stereocenters. The number of amides is 1. The molecule has 3 aliphatic rings. The summed E-state index contributed by atoms with van der Waals surface area (Å²) in [5.41, 5.74) is 0.852. The summed E-state index contributed by atoms with van der Waals surface area (Å²) in [4.78, 5) is 29.8. The van der Waals surface area contributed by atoms with Gasteiger partial charge in [0.2, 0.25) is 0 Å². The quantitative estimate of drug-likeness (QED) is 0.745. The molecule has 0 unspecified atom stereocenters. The molecule has 0 radical (unpaired) electrons. The van der Waals surface area contributed by atoms with Crippen molar-refractivity contribution in [1.82, 2.24) is 10.2 Å². The molecule has 2 saturated heterocycles. The molecule has 1 amide bonds. The second-order valence-corrected chi connectivity index (χ2v) is 9.25. The van der Waals surface area contributed by atoms with E-state index >= 15 is 0 Å². The zero-order valence-electron chi connectivity index (χ0n) is 18.6. The number of piperazine rings is 1. The number of fused-ring (bicyclic) bond motifs is 2. The molecule has 168 valence electrons.